The standard InChI is InChI=1S/C17H14F3N3O2S/c18-17(19,20)26(24,25)16-8-6-14(7-9-16)21-10-13-11-22-23(12-13)15-4-2-1-3-5-15/h1-9,11-12,21H,10H2. The lowest BCUT2D eigenvalue weighted by molar-refractivity contribution is -0.0436. The molecule has 9 heteroatoms. The van der Waals surface area contributed by atoms with Crippen LogP contribution in [0.25, 0.3) is 5.69 Å². The van der Waals surface area contributed by atoms with Crippen LogP contribution in [0, 0.1) is 0 Å². The summed E-state index contributed by atoms with van der Waals surface area (Å²) >= 11 is 0. The van der Waals surface area contributed by atoms with Crippen LogP contribution in [0.15, 0.2) is 71.9 Å². The Bertz CT molecular complexity index is 982. The molecule has 5 nitrogen and oxygen atoms in total. The first kappa shape index (κ1) is 18.0. The van der Waals surface area contributed by atoms with Gasteiger partial charge in [0.25, 0.3) is 9.84 Å². The maximum atomic E-state index is 12.5. The average Bonchev–Trinajstić information content (AvgIpc) is 3.09. The molecule has 3 rings (SSSR count). The molecular formula is C17H14F3N3O2S. The summed E-state index contributed by atoms with van der Waals surface area (Å²) in [6, 6.07) is 13.9. The highest BCUT2D eigenvalue weighted by Crippen LogP contribution is 2.30. The number of halogens is 3. The Morgan fingerprint density at radius 1 is 1.00 bits per heavy atom. The van der Waals surface area contributed by atoms with E-state index >= 15 is 0 Å². The van der Waals surface area contributed by atoms with Crippen molar-refractivity contribution in [1.29, 1.82) is 0 Å². The van der Waals surface area contributed by atoms with Gasteiger partial charge in [-0.3, -0.25) is 0 Å². The van der Waals surface area contributed by atoms with Gasteiger partial charge in [-0.05, 0) is 36.4 Å². The Kier molecular flexibility index (Phi) is 4.73. The molecule has 0 atom stereocenters. The largest absolute Gasteiger partial charge is 0.501 e. The maximum absolute atomic E-state index is 12.5. The van der Waals surface area contributed by atoms with E-state index in [1.165, 1.54) is 12.1 Å². The number of para-hydroxylation sites is 1. The van der Waals surface area contributed by atoms with Gasteiger partial charge in [0.2, 0.25) is 0 Å². The zero-order chi connectivity index (χ0) is 18.8. The number of alkyl halides is 3. The topological polar surface area (TPSA) is 64.0 Å². The van der Waals surface area contributed by atoms with Gasteiger partial charge >= 0.3 is 5.51 Å². The van der Waals surface area contributed by atoms with E-state index in [-0.39, 0.29) is 0 Å². The van der Waals surface area contributed by atoms with Crippen LogP contribution in [0.1, 0.15) is 5.56 Å². The first-order chi connectivity index (χ1) is 12.3. The Balaban J connectivity index is 1.67. The van der Waals surface area contributed by atoms with Crippen LogP contribution in [0.5, 0.6) is 0 Å². The number of nitrogens with one attached hydrogen (secondary N) is 1. The van der Waals surface area contributed by atoms with Crippen LogP contribution in [0.4, 0.5) is 18.9 Å². The minimum Gasteiger partial charge on any atom is -0.381 e. The minimum atomic E-state index is -5.33. The van der Waals surface area contributed by atoms with Gasteiger partial charge in [-0.15, -0.1) is 0 Å². The normalized spacial score (nSPS) is 12.1. The number of aromatic nitrogens is 2. The van der Waals surface area contributed by atoms with Crippen molar-refractivity contribution in [3.05, 3.63) is 72.6 Å². The molecule has 1 heterocycles. The summed E-state index contributed by atoms with van der Waals surface area (Å²) in [5.41, 5.74) is -3.05. The molecule has 0 saturated heterocycles. The summed E-state index contributed by atoms with van der Waals surface area (Å²) in [4.78, 5) is -0.785. The number of rotatable bonds is 5. The molecule has 1 aromatic heterocycles. The summed E-state index contributed by atoms with van der Waals surface area (Å²) in [5, 5.41) is 7.26. The number of sulfone groups is 1. The average molecular weight is 381 g/mol. The molecular weight excluding hydrogens is 367 g/mol. The third-order valence-electron chi connectivity index (χ3n) is 3.62. The first-order valence-electron chi connectivity index (χ1n) is 7.52. The lowest BCUT2D eigenvalue weighted by atomic mass is 10.3. The molecule has 2 aromatic carbocycles. The van der Waals surface area contributed by atoms with Gasteiger partial charge in [-0.2, -0.15) is 18.3 Å². The minimum absolute atomic E-state index is 0.387. The molecule has 0 aliphatic carbocycles. The lowest BCUT2D eigenvalue weighted by Gasteiger charge is -2.09. The highest BCUT2D eigenvalue weighted by molar-refractivity contribution is 7.92. The summed E-state index contributed by atoms with van der Waals surface area (Å²) in [6.45, 7) is 0.387. The van der Waals surface area contributed by atoms with E-state index in [2.05, 4.69) is 10.4 Å². The second kappa shape index (κ2) is 6.83. The highest BCUT2D eigenvalue weighted by atomic mass is 32.2. The second-order valence-corrected chi connectivity index (χ2v) is 7.40. The van der Waals surface area contributed by atoms with E-state index in [0.717, 1.165) is 23.4 Å². The van der Waals surface area contributed by atoms with E-state index in [9.17, 15) is 21.6 Å². The summed E-state index contributed by atoms with van der Waals surface area (Å²) < 4.78 is 61.9. The molecule has 0 spiro atoms. The maximum Gasteiger partial charge on any atom is 0.501 e. The number of anilines is 1. The Hall–Kier alpha value is -2.81. The fourth-order valence-electron chi connectivity index (χ4n) is 2.26. The Morgan fingerprint density at radius 3 is 2.27 bits per heavy atom. The highest BCUT2D eigenvalue weighted by Gasteiger charge is 2.46. The number of nitrogens with zero attached hydrogens (tertiary/aromatic N) is 2. The van der Waals surface area contributed by atoms with Crippen molar-refractivity contribution in [2.24, 2.45) is 0 Å². The van der Waals surface area contributed by atoms with E-state index in [1.54, 1.807) is 10.9 Å². The zero-order valence-corrected chi connectivity index (χ0v) is 14.1. The van der Waals surface area contributed by atoms with Crippen molar-refractivity contribution in [3.8, 4) is 5.69 Å². The Labute approximate surface area is 148 Å². The van der Waals surface area contributed by atoms with Gasteiger partial charge in [0.15, 0.2) is 0 Å². The zero-order valence-electron chi connectivity index (χ0n) is 13.3. The van der Waals surface area contributed by atoms with Crippen molar-refractivity contribution in [3.63, 3.8) is 0 Å². The fraction of sp³-hybridized carbons (Fsp3) is 0.118. The van der Waals surface area contributed by atoms with Crippen LogP contribution < -0.4 is 5.32 Å². The van der Waals surface area contributed by atoms with Crippen LogP contribution in [-0.2, 0) is 16.4 Å². The summed E-state index contributed by atoms with van der Waals surface area (Å²) in [7, 11) is -5.33. The molecule has 3 aromatic rings. The van der Waals surface area contributed by atoms with Gasteiger partial charge in [-0.1, -0.05) is 18.2 Å². The molecule has 0 radical (unpaired) electrons. The molecule has 0 aliphatic heterocycles. The van der Waals surface area contributed by atoms with Crippen molar-refractivity contribution < 1.29 is 21.6 Å². The molecule has 0 saturated carbocycles. The molecule has 1 N–H and O–H groups in total. The molecule has 0 aliphatic rings. The monoisotopic (exact) mass is 381 g/mol. The van der Waals surface area contributed by atoms with Gasteiger partial charge in [-0.25, -0.2) is 13.1 Å². The van der Waals surface area contributed by atoms with Crippen LogP contribution in [0.2, 0.25) is 0 Å². The molecule has 0 amide bonds. The molecule has 136 valence electrons. The van der Waals surface area contributed by atoms with E-state index in [0.29, 0.717) is 12.2 Å². The third-order valence-corrected chi connectivity index (χ3v) is 5.12. The van der Waals surface area contributed by atoms with E-state index in [1.807, 2.05) is 36.5 Å². The SMILES string of the molecule is O=S(=O)(c1ccc(NCc2cnn(-c3ccccc3)c2)cc1)C(F)(F)F. The summed E-state index contributed by atoms with van der Waals surface area (Å²) in [5.74, 6) is 0. The van der Waals surface area contributed by atoms with E-state index in [4.69, 9.17) is 0 Å². The van der Waals surface area contributed by atoms with Crippen LogP contribution >= 0.6 is 0 Å². The van der Waals surface area contributed by atoms with Gasteiger partial charge < -0.3 is 5.32 Å². The van der Waals surface area contributed by atoms with E-state index < -0.39 is 20.2 Å². The number of hydrogen-bond acceptors (Lipinski definition) is 4. The second-order valence-electron chi connectivity index (χ2n) is 5.46. The molecule has 0 bridgehead atoms. The first-order valence-corrected chi connectivity index (χ1v) is 9.00. The van der Waals surface area contributed by atoms with Gasteiger partial charge in [0, 0.05) is 24.0 Å². The molecule has 0 unspecified atom stereocenters. The number of benzene rings is 2. The molecule has 26 heavy (non-hydrogen) atoms. The van der Waals surface area contributed by atoms with Gasteiger partial charge in [0.05, 0.1) is 16.8 Å². The summed E-state index contributed by atoms with van der Waals surface area (Å²) in [6.07, 6.45) is 3.49. The number of hydrogen-bond donors (Lipinski definition) is 1. The fourth-order valence-corrected chi connectivity index (χ4v) is 3.02. The van der Waals surface area contributed by atoms with Crippen LogP contribution in [-0.4, -0.2) is 23.7 Å². The van der Waals surface area contributed by atoms with Crippen molar-refractivity contribution in [1.82, 2.24) is 9.78 Å². The molecule has 0 fully saturated rings. The lowest BCUT2D eigenvalue weighted by Crippen LogP contribution is -2.23. The quantitative estimate of drug-likeness (QED) is 0.731. The predicted octanol–water partition coefficient (Wildman–Crippen LogP) is 3.78. The van der Waals surface area contributed by atoms with Gasteiger partial charge in [0.1, 0.15) is 0 Å². The van der Waals surface area contributed by atoms with Crippen molar-refractivity contribution >= 4 is 15.5 Å². The van der Waals surface area contributed by atoms with Crippen molar-refractivity contribution in [2.45, 2.75) is 16.9 Å². The third kappa shape index (κ3) is 3.72. The smallest absolute Gasteiger partial charge is 0.381 e. The van der Waals surface area contributed by atoms with Crippen LogP contribution in [0.3, 0.4) is 0 Å². The van der Waals surface area contributed by atoms with Crippen molar-refractivity contribution in [2.75, 3.05) is 5.32 Å². The Morgan fingerprint density at radius 2 is 1.65 bits per heavy atom. The predicted molar refractivity (Wildman–Crippen MR) is 90.6 cm³/mol.